The molecule has 2 atom stereocenters. The molecule has 33 heavy (non-hydrogen) atoms. The summed E-state index contributed by atoms with van der Waals surface area (Å²) in [4.78, 5) is 14.3. The second-order valence-electron chi connectivity index (χ2n) is 8.29. The Morgan fingerprint density at radius 2 is 1.82 bits per heavy atom. The van der Waals surface area contributed by atoms with E-state index in [9.17, 15) is 23.1 Å². The van der Waals surface area contributed by atoms with E-state index in [-0.39, 0.29) is 40.6 Å². The fourth-order valence-electron chi connectivity index (χ4n) is 4.24. The zero-order valence-corrected chi connectivity index (χ0v) is 18.3. The number of fused-ring (bicyclic) bond motifs is 1. The molecule has 9 heteroatoms. The molecule has 0 amide bonds. The molecule has 0 spiro atoms. The van der Waals surface area contributed by atoms with Crippen LogP contribution in [0.5, 0.6) is 23.0 Å². The number of alkyl halides is 3. The molecule has 4 rings (SSSR count). The molecular formula is C24H25F3NO5+. The Labute approximate surface area is 188 Å². The fraction of sp³-hybridized carbons (Fsp3) is 0.375. The summed E-state index contributed by atoms with van der Waals surface area (Å²) in [7, 11) is 1.45. The van der Waals surface area contributed by atoms with Crippen LogP contribution in [0.3, 0.4) is 0 Å². The first-order valence-electron chi connectivity index (χ1n) is 10.7. The van der Waals surface area contributed by atoms with Crippen molar-refractivity contribution < 1.29 is 37.1 Å². The van der Waals surface area contributed by atoms with Crippen LogP contribution < -0.4 is 19.8 Å². The number of methoxy groups -OCH3 is 1. The second-order valence-corrected chi connectivity index (χ2v) is 8.29. The predicted molar refractivity (Wildman–Crippen MR) is 115 cm³/mol. The van der Waals surface area contributed by atoms with E-state index in [1.807, 2.05) is 0 Å². The first kappa shape index (κ1) is 23.0. The Morgan fingerprint density at radius 3 is 2.45 bits per heavy atom. The van der Waals surface area contributed by atoms with Crippen LogP contribution in [-0.2, 0) is 12.7 Å². The highest BCUT2D eigenvalue weighted by molar-refractivity contribution is 5.83. The Kier molecular flexibility index (Phi) is 6.25. The van der Waals surface area contributed by atoms with Crippen LogP contribution in [0.4, 0.5) is 13.2 Å². The van der Waals surface area contributed by atoms with Crippen molar-refractivity contribution >= 4 is 11.0 Å². The van der Waals surface area contributed by atoms with Gasteiger partial charge in [0.1, 0.15) is 23.8 Å². The maximum atomic E-state index is 13.9. The quantitative estimate of drug-likeness (QED) is 0.590. The van der Waals surface area contributed by atoms with E-state index in [0.717, 1.165) is 30.7 Å². The van der Waals surface area contributed by atoms with Crippen LogP contribution >= 0.6 is 0 Å². The van der Waals surface area contributed by atoms with Crippen molar-refractivity contribution in [3.05, 3.63) is 57.9 Å². The van der Waals surface area contributed by atoms with Crippen LogP contribution in [0.1, 0.15) is 37.5 Å². The van der Waals surface area contributed by atoms with Crippen molar-refractivity contribution in [2.24, 2.45) is 0 Å². The first-order valence-corrected chi connectivity index (χ1v) is 10.7. The molecular weight excluding hydrogens is 439 g/mol. The number of quaternary nitrogens is 1. The number of hydrogen-bond acceptors (Lipinski definition) is 5. The third kappa shape index (κ3) is 4.64. The van der Waals surface area contributed by atoms with Gasteiger partial charge < -0.3 is 23.9 Å². The molecule has 1 aliphatic rings. The van der Waals surface area contributed by atoms with Gasteiger partial charge in [0.05, 0.1) is 30.6 Å². The molecule has 1 aromatic heterocycles. The van der Waals surface area contributed by atoms with Crippen molar-refractivity contribution in [2.45, 2.75) is 44.9 Å². The zero-order valence-electron chi connectivity index (χ0n) is 18.3. The molecule has 1 aliphatic heterocycles. The summed E-state index contributed by atoms with van der Waals surface area (Å²) in [5, 5.41) is 10.4. The van der Waals surface area contributed by atoms with Crippen molar-refractivity contribution in [1.82, 2.24) is 0 Å². The summed E-state index contributed by atoms with van der Waals surface area (Å²) in [6.45, 7) is 3.14. The second kappa shape index (κ2) is 8.97. The summed E-state index contributed by atoms with van der Waals surface area (Å²) in [6, 6.07) is 8.65. The number of nitrogens with one attached hydrogen (secondary N) is 1. The van der Waals surface area contributed by atoms with Gasteiger partial charge in [-0.1, -0.05) is 0 Å². The van der Waals surface area contributed by atoms with Gasteiger partial charge in [0.25, 0.3) is 5.76 Å². The molecule has 3 aromatic rings. The molecule has 0 saturated carbocycles. The Bertz CT molecular complexity index is 1200. The van der Waals surface area contributed by atoms with E-state index in [2.05, 4.69) is 6.92 Å². The largest absolute Gasteiger partial charge is 0.507 e. The molecule has 1 fully saturated rings. The number of likely N-dealkylation sites (tertiary alicyclic amines) is 1. The van der Waals surface area contributed by atoms with E-state index < -0.39 is 23.1 Å². The molecule has 2 heterocycles. The summed E-state index contributed by atoms with van der Waals surface area (Å²) < 4.78 is 57.5. The number of piperidine rings is 1. The highest BCUT2D eigenvalue weighted by Gasteiger charge is 2.41. The number of hydrogen-bond donors (Lipinski definition) is 2. The monoisotopic (exact) mass is 464 g/mol. The molecule has 0 radical (unpaired) electrons. The number of ether oxygens (including phenoxy) is 2. The molecule has 2 aromatic carbocycles. The third-order valence-electron chi connectivity index (χ3n) is 6.12. The average molecular weight is 464 g/mol. The average Bonchev–Trinajstić information content (AvgIpc) is 2.78. The molecule has 2 unspecified atom stereocenters. The number of phenolic OH excluding ortho intramolecular Hbond substituents is 1. The number of phenols is 1. The minimum atomic E-state index is -4.98. The summed E-state index contributed by atoms with van der Waals surface area (Å²) in [5.74, 6) is -2.18. The highest BCUT2D eigenvalue weighted by atomic mass is 19.4. The molecule has 0 bridgehead atoms. The lowest BCUT2D eigenvalue weighted by Crippen LogP contribution is -3.14. The number of rotatable bonds is 5. The SMILES string of the molecule is COc1ccc(Oc2c(C(F)(F)F)oc3c(C[NH+]4CCCCC4C)c(O)ccc3c2=O)cc1. The zero-order chi connectivity index (χ0) is 23.8. The van der Waals surface area contributed by atoms with Crippen LogP contribution in [0, 0.1) is 0 Å². The molecule has 2 N–H and O–H groups in total. The van der Waals surface area contributed by atoms with Gasteiger partial charge in [0.15, 0.2) is 5.58 Å². The van der Waals surface area contributed by atoms with Gasteiger partial charge in [-0.2, -0.15) is 13.2 Å². The third-order valence-corrected chi connectivity index (χ3v) is 6.12. The van der Waals surface area contributed by atoms with Gasteiger partial charge >= 0.3 is 6.18 Å². The Balaban J connectivity index is 1.85. The van der Waals surface area contributed by atoms with E-state index in [1.54, 1.807) is 0 Å². The maximum Gasteiger partial charge on any atom is 0.453 e. The number of aromatic hydroxyl groups is 1. The molecule has 1 saturated heterocycles. The number of benzene rings is 2. The van der Waals surface area contributed by atoms with E-state index in [0.29, 0.717) is 5.75 Å². The summed E-state index contributed by atoms with van der Waals surface area (Å²) in [6.07, 6.45) is -1.92. The molecule has 0 aliphatic carbocycles. The lowest BCUT2D eigenvalue weighted by atomic mass is 10.0. The van der Waals surface area contributed by atoms with Crippen molar-refractivity contribution in [1.29, 1.82) is 0 Å². The van der Waals surface area contributed by atoms with Crippen molar-refractivity contribution in [2.75, 3.05) is 13.7 Å². The first-order chi connectivity index (χ1) is 15.7. The summed E-state index contributed by atoms with van der Waals surface area (Å²) in [5.41, 5.74) is -1.03. The Hall–Kier alpha value is -3.20. The lowest BCUT2D eigenvalue weighted by Gasteiger charge is -2.30. The minimum Gasteiger partial charge on any atom is -0.507 e. The number of halogens is 3. The molecule has 176 valence electrons. The van der Waals surface area contributed by atoms with E-state index >= 15 is 0 Å². The van der Waals surface area contributed by atoms with Crippen LogP contribution in [-0.4, -0.2) is 24.8 Å². The van der Waals surface area contributed by atoms with Crippen LogP contribution in [0.2, 0.25) is 0 Å². The smallest absolute Gasteiger partial charge is 0.453 e. The van der Waals surface area contributed by atoms with E-state index in [4.69, 9.17) is 13.9 Å². The van der Waals surface area contributed by atoms with Gasteiger partial charge in [-0.25, -0.2) is 0 Å². The fourth-order valence-corrected chi connectivity index (χ4v) is 4.24. The van der Waals surface area contributed by atoms with Crippen LogP contribution in [0.25, 0.3) is 11.0 Å². The topological polar surface area (TPSA) is 73.3 Å². The standard InChI is InChI=1S/C24H24F3NO5/c1-14-5-3-4-12-28(14)13-18-19(29)11-10-17-20(30)22(23(24(25,26)27)33-21(17)18)32-16-8-6-15(31-2)7-9-16/h6-11,14,29H,3-5,12-13H2,1-2H3/p+1. The van der Waals surface area contributed by atoms with Crippen molar-refractivity contribution in [3.8, 4) is 23.0 Å². The van der Waals surface area contributed by atoms with Gasteiger partial charge in [0, 0.05) is 0 Å². The van der Waals surface area contributed by atoms with E-state index in [1.165, 1.54) is 43.5 Å². The Morgan fingerprint density at radius 1 is 1.12 bits per heavy atom. The van der Waals surface area contributed by atoms with Gasteiger partial charge in [-0.3, -0.25) is 4.79 Å². The van der Waals surface area contributed by atoms with Gasteiger partial charge in [-0.05, 0) is 62.6 Å². The van der Waals surface area contributed by atoms with Gasteiger partial charge in [-0.15, -0.1) is 0 Å². The van der Waals surface area contributed by atoms with Crippen LogP contribution in [0.15, 0.2) is 45.6 Å². The predicted octanol–water partition coefficient (Wildman–Crippen LogP) is 4.28. The maximum absolute atomic E-state index is 13.9. The minimum absolute atomic E-state index is 0.0264. The molecule has 6 nitrogen and oxygen atoms in total. The normalized spacial score (nSPS) is 18.9. The lowest BCUT2D eigenvalue weighted by molar-refractivity contribution is -0.941. The highest BCUT2D eigenvalue weighted by Crippen LogP contribution is 2.40. The van der Waals surface area contributed by atoms with Gasteiger partial charge in [0.2, 0.25) is 11.2 Å². The van der Waals surface area contributed by atoms with Crippen molar-refractivity contribution in [3.63, 3.8) is 0 Å². The summed E-state index contributed by atoms with van der Waals surface area (Å²) >= 11 is 0.